The number of hydrogen-bond acceptors (Lipinski definition) is 4. The van der Waals surface area contributed by atoms with Crippen molar-refractivity contribution in [3.8, 4) is 0 Å². The standard InChI is InChI=1S/C25H23ClN4O3S/c1-18-14-24(30(28-18)17-19-8-4-3-5-9-19)27-25(31)20-10-6-13-23(15-20)34(32,33)29(2)22-12-7-11-21(26)16-22/h3-16H,17H2,1-2H3,(H,27,31). The highest BCUT2D eigenvalue weighted by Gasteiger charge is 2.23. The minimum atomic E-state index is -3.91. The fraction of sp³-hybridized carbons (Fsp3) is 0.120. The molecular weight excluding hydrogens is 472 g/mol. The number of nitrogens with one attached hydrogen (secondary N) is 1. The molecule has 7 nitrogen and oxygen atoms in total. The molecule has 0 unspecified atom stereocenters. The smallest absolute Gasteiger partial charge is 0.264 e. The third-order valence-corrected chi connectivity index (χ3v) is 7.26. The SMILES string of the molecule is Cc1cc(NC(=O)c2cccc(S(=O)(=O)N(C)c3cccc(Cl)c3)c2)n(Cc2ccccc2)n1. The van der Waals surface area contributed by atoms with Crippen LogP contribution >= 0.6 is 11.6 Å². The molecule has 0 bridgehead atoms. The van der Waals surface area contributed by atoms with Crippen molar-refractivity contribution in [3.63, 3.8) is 0 Å². The summed E-state index contributed by atoms with van der Waals surface area (Å²) in [7, 11) is -2.46. The topological polar surface area (TPSA) is 84.3 Å². The first-order valence-corrected chi connectivity index (χ1v) is 12.3. The highest BCUT2D eigenvalue weighted by Crippen LogP contribution is 2.25. The Morgan fingerprint density at radius 2 is 1.74 bits per heavy atom. The average molecular weight is 495 g/mol. The molecule has 0 saturated carbocycles. The van der Waals surface area contributed by atoms with Gasteiger partial charge in [0.2, 0.25) is 0 Å². The Kier molecular flexibility index (Phi) is 6.72. The van der Waals surface area contributed by atoms with E-state index in [1.165, 1.54) is 19.2 Å². The molecule has 4 rings (SSSR count). The number of anilines is 2. The molecule has 0 atom stereocenters. The van der Waals surface area contributed by atoms with Crippen LogP contribution in [0.25, 0.3) is 0 Å². The van der Waals surface area contributed by atoms with Gasteiger partial charge in [-0.3, -0.25) is 9.10 Å². The van der Waals surface area contributed by atoms with Crippen LogP contribution in [0.5, 0.6) is 0 Å². The molecule has 0 saturated heterocycles. The molecule has 1 N–H and O–H groups in total. The predicted molar refractivity (Wildman–Crippen MR) is 134 cm³/mol. The van der Waals surface area contributed by atoms with Crippen molar-refractivity contribution >= 4 is 39.0 Å². The molecular formula is C25H23ClN4O3S. The van der Waals surface area contributed by atoms with Gasteiger partial charge in [0, 0.05) is 23.7 Å². The second-order valence-electron chi connectivity index (χ2n) is 7.75. The van der Waals surface area contributed by atoms with Gasteiger partial charge in [-0.25, -0.2) is 13.1 Å². The van der Waals surface area contributed by atoms with Crippen LogP contribution in [0.15, 0.2) is 89.8 Å². The maximum atomic E-state index is 13.2. The van der Waals surface area contributed by atoms with Gasteiger partial charge in [-0.2, -0.15) is 5.10 Å². The van der Waals surface area contributed by atoms with E-state index in [0.717, 1.165) is 15.6 Å². The molecule has 1 amide bonds. The Hall–Kier alpha value is -3.62. The van der Waals surface area contributed by atoms with Gasteiger partial charge in [0.25, 0.3) is 15.9 Å². The number of sulfonamides is 1. The first-order chi connectivity index (χ1) is 16.2. The summed E-state index contributed by atoms with van der Waals surface area (Å²) in [5.74, 6) is 0.0901. The minimum Gasteiger partial charge on any atom is -0.307 e. The van der Waals surface area contributed by atoms with Crippen LogP contribution < -0.4 is 9.62 Å². The van der Waals surface area contributed by atoms with Crippen molar-refractivity contribution in [2.45, 2.75) is 18.4 Å². The van der Waals surface area contributed by atoms with E-state index in [-0.39, 0.29) is 10.5 Å². The summed E-state index contributed by atoms with van der Waals surface area (Å²) in [6.45, 7) is 2.33. The van der Waals surface area contributed by atoms with E-state index in [1.807, 2.05) is 37.3 Å². The van der Waals surface area contributed by atoms with E-state index in [0.29, 0.717) is 23.1 Å². The molecule has 4 aromatic rings. The summed E-state index contributed by atoms with van der Waals surface area (Å²) in [5.41, 5.74) is 2.43. The van der Waals surface area contributed by atoms with Gasteiger partial charge in [-0.1, -0.05) is 54.1 Å². The van der Waals surface area contributed by atoms with E-state index >= 15 is 0 Å². The van der Waals surface area contributed by atoms with Crippen LogP contribution in [-0.4, -0.2) is 31.2 Å². The number of benzene rings is 3. The number of aromatic nitrogens is 2. The van der Waals surface area contributed by atoms with Crippen molar-refractivity contribution in [3.05, 3.63) is 107 Å². The Balaban J connectivity index is 1.57. The number of amides is 1. The van der Waals surface area contributed by atoms with Crippen LogP contribution in [0.4, 0.5) is 11.5 Å². The van der Waals surface area contributed by atoms with Crippen molar-refractivity contribution in [1.82, 2.24) is 9.78 Å². The fourth-order valence-corrected chi connectivity index (χ4v) is 4.90. The first-order valence-electron chi connectivity index (χ1n) is 10.5. The Labute approximate surface area is 203 Å². The third-order valence-electron chi connectivity index (χ3n) is 5.25. The van der Waals surface area contributed by atoms with Crippen LogP contribution in [0.2, 0.25) is 5.02 Å². The lowest BCUT2D eigenvalue weighted by atomic mass is 10.2. The zero-order valence-electron chi connectivity index (χ0n) is 18.6. The number of carbonyl (C=O) groups excluding carboxylic acids is 1. The molecule has 0 fully saturated rings. The summed E-state index contributed by atoms with van der Waals surface area (Å²) in [4.78, 5) is 13.0. The van der Waals surface area contributed by atoms with Gasteiger partial charge < -0.3 is 5.32 Å². The Morgan fingerprint density at radius 1 is 1.00 bits per heavy atom. The molecule has 1 aromatic heterocycles. The molecule has 34 heavy (non-hydrogen) atoms. The van der Waals surface area contributed by atoms with E-state index in [9.17, 15) is 13.2 Å². The zero-order chi connectivity index (χ0) is 24.3. The maximum Gasteiger partial charge on any atom is 0.264 e. The summed E-state index contributed by atoms with van der Waals surface area (Å²) in [5, 5.41) is 7.74. The normalized spacial score (nSPS) is 11.3. The fourth-order valence-electron chi connectivity index (χ4n) is 3.48. The molecule has 0 aliphatic heterocycles. The lowest BCUT2D eigenvalue weighted by Crippen LogP contribution is -2.27. The van der Waals surface area contributed by atoms with E-state index in [4.69, 9.17) is 11.6 Å². The summed E-state index contributed by atoms with van der Waals surface area (Å²) in [6, 6.07) is 24.0. The first kappa shape index (κ1) is 23.5. The number of halogens is 1. The summed E-state index contributed by atoms with van der Waals surface area (Å²) >= 11 is 6.01. The molecule has 0 aliphatic rings. The van der Waals surface area contributed by atoms with Gasteiger partial charge in [0.15, 0.2) is 0 Å². The Bertz CT molecular complexity index is 1440. The molecule has 0 radical (unpaired) electrons. The van der Waals surface area contributed by atoms with Crippen molar-refractivity contribution in [1.29, 1.82) is 0 Å². The monoisotopic (exact) mass is 494 g/mol. The van der Waals surface area contributed by atoms with Gasteiger partial charge >= 0.3 is 0 Å². The minimum absolute atomic E-state index is 0.00315. The Morgan fingerprint density at radius 3 is 2.47 bits per heavy atom. The number of aryl methyl sites for hydroxylation is 1. The third kappa shape index (κ3) is 5.13. The molecule has 0 spiro atoms. The van der Waals surface area contributed by atoms with Gasteiger partial charge in [-0.15, -0.1) is 0 Å². The van der Waals surface area contributed by atoms with E-state index < -0.39 is 15.9 Å². The van der Waals surface area contributed by atoms with Crippen LogP contribution in [0.3, 0.4) is 0 Å². The average Bonchev–Trinajstić information content (AvgIpc) is 3.17. The molecule has 1 heterocycles. The van der Waals surface area contributed by atoms with Crippen molar-refractivity contribution in [2.75, 3.05) is 16.7 Å². The predicted octanol–water partition coefficient (Wildman–Crippen LogP) is 4.97. The number of carbonyl (C=O) groups is 1. The van der Waals surface area contributed by atoms with Crippen molar-refractivity contribution < 1.29 is 13.2 Å². The molecule has 0 aliphatic carbocycles. The van der Waals surface area contributed by atoms with Crippen LogP contribution in [-0.2, 0) is 16.6 Å². The largest absolute Gasteiger partial charge is 0.307 e. The highest BCUT2D eigenvalue weighted by molar-refractivity contribution is 7.92. The zero-order valence-corrected chi connectivity index (χ0v) is 20.2. The van der Waals surface area contributed by atoms with Gasteiger partial charge in [-0.05, 0) is 48.9 Å². The molecule has 9 heteroatoms. The van der Waals surface area contributed by atoms with Crippen LogP contribution in [0.1, 0.15) is 21.6 Å². The second-order valence-corrected chi connectivity index (χ2v) is 10.2. The van der Waals surface area contributed by atoms with Crippen LogP contribution in [0, 0.1) is 6.92 Å². The summed E-state index contributed by atoms with van der Waals surface area (Å²) < 4.78 is 29.2. The van der Waals surface area contributed by atoms with Gasteiger partial charge in [0.05, 0.1) is 22.8 Å². The highest BCUT2D eigenvalue weighted by atomic mass is 35.5. The molecule has 3 aromatic carbocycles. The van der Waals surface area contributed by atoms with Gasteiger partial charge in [0.1, 0.15) is 5.82 Å². The van der Waals surface area contributed by atoms with Crippen molar-refractivity contribution in [2.24, 2.45) is 0 Å². The quantitative estimate of drug-likeness (QED) is 0.393. The number of hydrogen-bond donors (Lipinski definition) is 1. The lowest BCUT2D eigenvalue weighted by Gasteiger charge is -2.20. The number of nitrogens with zero attached hydrogens (tertiary/aromatic N) is 3. The second kappa shape index (κ2) is 9.70. The maximum absolute atomic E-state index is 13.2. The summed E-state index contributed by atoms with van der Waals surface area (Å²) in [6.07, 6.45) is 0. The molecule has 174 valence electrons. The number of rotatable bonds is 7. The van der Waals surface area contributed by atoms with E-state index in [2.05, 4.69) is 10.4 Å². The lowest BCUT2D eigenvalue weighted by molar-refractivity contribution is 0.102. The van der Waals surface area contributed by atoms with E-state index in [1.54, 1.807) is 47.1 Å².